The Morgan fingerprint density at radius 2 is 1.81 bits per heavy atom. The standard InChI is InChI=1S/C22H30FN5O2S/c1-31(29,30)27-13-10-17(11-14-27)15-24-21-20(23)22(26-16-25-21)28-12-6-5-9-19(28)18-7-3-2-4-8-18/h2-4,7-8,16-17,19H,5-6,9-15H2,1H3,(H,24,25,26). The van der Waals surface area contributed by atoms with Crippen LogP contribution in [0.3, 0.4) is 0 Å². The monoisotopic (exact) mass is 447 g/mol. The molecule has 0 saturated carbocycles. The summed E-state index contributed by atoms with van der Waals surface area (Å²) in [6.07, 6.45) is 7.25. The summed E-state index contributed by atoms with van der Waals surface area (Å²) in [4.78, 5) is 10.5. The minimum absolute atomic E-state index is 0.104. The molecule has 3 heterocycles. The van der Waals surface area contributed by atoms with E-state index in [0.29, 0.717) is 25.5 Å². The number of rotatable bonds is 6. The average Bonchev–Trinajstić information content (AvgIpc) is 2.79. The molecule has 0 bridgehead atoms. The van der Waals surface area contributed by atoms with Crippen molar-refractivity contribution >= 4 is 21.7 Å². The first kappa shape index (κ1) is 22.0. The summed E-state index contributed by atoms with van der Waals surface area (Å²) >= 11 is 0. The lowest BCUT2D eigenvalue weighted by Crippen LogP contribution is -2.39. The molecule has 0 radical (unpaired) electrons. The molecule has 2 saturated heterocycles. The Balaban J connectivity index is 1.44. The van der Waals surface area contributed by atoms with Gasteiger partial charge in [0.1, 0.15) is 6.33 Å². The lowest BCUT2D eigenvalue weighted by Gasteiger charge is -2.37. The van der Waals surface area contributed by atoms with Gasteiger partial charge in [-0.15, -0.1) is 0 Å². The van der Waals surface area contributed by atoms with E-state index in [-0.39, 0.29) is 17.8 Å². The summed E-state index contributed by atoms with van der Waals surface area (Å²) in [5, 5.41) is 3.15. The number of piperidine rings is 2. The van der Waals surface area contributed by atoms with Crippen LogP contribution in [0.1, 0.15) is 43.7 Å². The molecule has 7 nitrogen and oxygen atoms in total. The largest absolute Gasteiger partial charge is 0.367 e. The fourth-order valence-corrected chi connectivity index (χ4v) is 5.45. The fourth-order valence-electron chi connectivity index (χ4n) is 4.58. The van der Waals surface area contributed by atoms with Gasteiger partial charge in [0.15, 0.2) is 11.6 Å². The summed E-state index contributed by atoms with van der Waals surface area (Å²) in [6.45, 7) is 2.34. The second kappa shape index (κ2) is 9.48. The van der Waals surface area contributed by atoms with E-state index in [9.17, 15) is 8.42 Å². The maximum atomic E-state index is 15.4. The molecule has 31 heavy (non-hydrogen) atoms. The van der Waals surface area contributed by atoms with E-state index >= 15 is 4.39 Å². The lowest BCUT2D eigenvalue weighted by atomic mass is 9.95. The van der Waals surface area contributed by atoms with Gasteiger partial charge in [0.05, 0.1) is 12.3 Å². The van der Waals surface area contributed by atoms with E-state index in [4.69, 9.17) is 0 Å². The zero-order chi connectivity index (χ0) is 21.8. The van der Waals surface area contributed by atoms with E-state index in [0.717, 1.165) is 38.6 Å². The van der Waals surface area contributed by atoms with Crippen LogP contribution >= 0.6 is 0 Å². The second-order valence-electron chi connectivity index (χ2n) is 8.46. The summed E-state index contributed by atoms with van der Waals surface area (Å²) in [5.41, 5.74) is 1.17. The van der Waals surface area contributed by atoms with Crippen LogP contribution in [0.25, 0.3) is 0 Å². The Bertz CT molecular complexity index is 981. The van der Waals surface area contributed by atoms with E-state index in [2.05, 4.69) is 32.3 Å². The normalized spacial score (nSPS) is 21.2. The highest BCUT2D eigenvalue weighted by molar-refractivity contribution is 7.88. The first-order chi connectivity index (χ1) is 14.9. The second-order valence-corrected chi connectivity index (χ2v) is 10.4. The highest BCUT2D eigenvalue weighted by Gasteiger charge is 2.29. The van der Waals surface area contributed by atoms with Crippen LogP contribution in [0.4, 0.5) is 16.0 Å². The highest BCUT2D eigenvalue weighted by Crippen LogP contribution is 2.36. The third-order valence-corrected chi connectivity index (χ3v) is 7.63. The Labute approximate surface area is 183 Å². The van der Waals surface area contributed by atoms with Crippen molar-refractivity contribution in [1.82, 2.24) is 14.3 Å². The van der Waals surface area contributed by atoms with Crippen molar-refractivity contribution in [3.8, 4) is 0 Å². The van der Waals surface area contributed by atoms with Gasteiger partial charge in [-0.05, 0) is 43.6 Å². The summed E-state index contributed by atoms with van der Waals surface area (Å²) in [7, 11) is -3.14. The van der Waals surface area contributed by atoms with Gasteiger partial charge in [0.25, 0.3) is 0 Å². The summed E-state index contributed by atoms with van der Waals surface area (Å²) in [5.74, 6) is 0.424. The highest BCUT2D eigenvalue weighted by atomic mass is 32.2. The maximum Gasteiger partial charge on any atom is 0.211 e. The van der Waals surface area contributed by atoms with Crippen LogP contribution in [-0.4, -0.2) is 55.1 Å². The van der Waals surface area contributed by atoms with Gasteiger partial charge in [0, 0.05) is 26.2 Å². The van der Waals surface area contributed by atoms with Crippen molar-refractivity contribution in [2.75, 3.05) is 42.7 Å². The third kappa shape index (κ3) is 5.15. The SMILES string of the molecule is CS(=O)(=O)N1CCC(CNc2ncnc(N3CCCCC3c3ccccc3)c2F)CC1. The van der Waals surface area contributed by atoms with Crippen molar-refractivity contribution < 1.29 is 12.8 Å². The first-order valence-corrected chi connectivity index (χ1v) is 12.8. The van der Waals surface area contributed by atoms with Gasteiger partial charge >= 0.3 is 0 Å². The van der Waals surface area contributed by atoms with Crippen LogP contribution in [0.15, 0.2) is 36.7 Å². The summed E-state index contributed by atoms with van der Waals surface area (Å²) in [6, 6.07) is 10.3. The predicted octanol–water partition coefficient (Wildman–Crippen LogP) is 3.43. The number of halogens is 1. The molecule has 2 aliphatic rings. The lowest BCUT2D eigenvalue weighted by molar-refractivity contribution is 0.283. The van der Waals surface area contributed by atoms with Crippen LogP contribution in [0.5, 0.6) is 0 Å². The molecule has 2 fully saturated rings. The molecule has 1 unspecified atom stereocenters. The third-order valence-electron chi connectivity index (χ3n) is 6.33. The molecule has 1 aromatic carbocycles. The van der Waals surface area contributed by atoms with Crippen molar-refractivity contribution in [2.45, 2.75) is 38.1 Å². The number of aromatic nitrogens is 2. The topological polar surface area (TPSA) is 78.4 Å². The maximum absolute atomic E-state index is 15.4. The molecular weight excluding hydrogens is 417 g/mol. The molecule has 0 spiro atoms. The van der Waals surface area contributed by atoms with Crippen molar-refractivity contribution in [3.05, 3.63) is 48.0 Å². The Hall–Kier alpha value is -2.26. The fraction of sp³-hybridized carbons (Fsp3) is 0.545. The molecule has 0 amide bonds. The predicted molar refractivity (Wildman–Crippen MR) is 120 cm³/mol. The zero-order valence-electron chi connectivity index (χ0n) is 17.9. The number of nitrogens with zero attached hydrogens (tertiary/aromatic N) is 4. The quantitative estimate of drug-likeness (QED) is 0.731. The molecule has 0 aliphatic carbocycles. The van der Waals surface area contributed by atoms with Gasteiger partial charge < -0.3 is 10.2 Å². The minimum Gasteiger partial charge on any atom is -0.367 e. The van der Waals surface area contributed by atoms with E-state index < -0.39 is 15.8 Å². The Morgan fingerprint density at radius 1 is 1.06 bits per heavy atom. The van der Waals surface area contributed by atoms with Crippen LogP contribution in [-0.2, 0) is 10.0 Å². The van der Waals surface area contributed by atoms with E-state index in [1.807, 2.05) is 18.2 Å². The molecule has 9 heteroatoms. The van der Waals surface area contributed by atoms with Crippen molar-refractivity contribution in [1.29, 1.82) is 0 Å². The molecule has 2 aliphatic heterocycles. The van der Waals surface area contributed by atoms with Gasteiger partial charge in [-0.25, -0.2) is 22.7 Å². The number of benzene rings is 1. The smallest absolute Gasteiger partial charge is 0.211 e. The number of hydrogen-bond acceptors (Lipinski definition) is 6. The zero-order valence-corrected chi connectivity index (χ0v) is 18.7. The van der Waals surface area contributed by atoms with Crippen LogP contribution in [0, 0.1) is 11.7 Å². The van der Waals surface area contributed by atoms with E-state index in [1.54, 1.807) is 0 Å². The van der Waals surface area contributed by atoms with Crippen LogP contribution in [0.2, 0.25) is 0 Å². The number of nitrogens with one attached hydrogen (secondary N) is 1. The number of hydrogen-bond donors (Lipinski definition) is 1. The minimum atomic E-state index is -3.14. The molecule has 1 N–H and O–H groups in total. The van der Waals surface area contributed by atoms with Gasteiger partial charge in [0.2, 0.25) is 15.8 Å². The molecular formula is C22H30FN5O2S. The van der Waals surface area contributed by atoms with Crippen LogP contribution < -0.4 is 10.2 Å². The van der Waals surface area contributed by atoms with Crippen molar-refractivity contribution in [2.24, 2.45) is 5.92 Å². The van der Waals surface area contributed by atoms with E-state index in [1.165, 1.54) is 22.5 Å². The molecule has 4 rings (SSSR count). The number of sulfonamides is 1. The molecule has 1 atom stereocenters. The molecule has 1 aromatic heterocycles. The molecule has 168 valence electrons. The van der Waals surface area contributed by atoms with Gasteiger partial charge in [-0.1, -0.05) is 30.3 Å². The Morgan fingerprint density at radius 3 is 2.52 bits per heavy atom. The Kier molecular flexibility index (Phi) is 6.71. The van der Waals surface area contributed by atoms with Crippen molar-refractivity contribution in [3.63, 3.8) is 0 Å². The molecule has 2 aromatic rings. The first-order valence-electron chi connectivity index (χ1n) is 10.9. The summed E-state index contributed by atoms with van der Waals surface area (Å²) < 4.78 is 40.3. The van der Waals surface area contributed by atoms with Gasteiger partial charge in [-0.3, -0.25) is 0 Å². The number of anilines is 2. The average molecular weight is 448 g/mol. The van der Waals surface area contributed by atoms with Gasteiger partial charge in [-0.2, -0.15) is 4.39 Å².